The van der Waals surface area contributed by atoms with Gasteiger partial charge in [0.1, 0.15) is 0 Å². The Bertz CT molecular complexity index is 739. The van der Waals surface area contributed by atoms with E-state index in [-0.39, 0.29) is 5.91 Å². The Morgan fingerprint density at radius 2 is 1.88 bits per heavy atom. The highest BCUT2D eigenvalue weighted by molar-refractivity contribution is 6.32. The molecule has 0 fully saturated rings. The minimum Gasteiger partial charge on any atom is -0.346 e. The number of amides is 1. The van der Waals surface area contributed by atoms with Crippen molar-refractivity contribution in [3.05, 3.63) is 46.2 Å². The van der Waals surface area contributed by atoms with Gasteiger partial charge in [0.2, 0.25) is 0 Å². The number of hydrogen-bond donors (Lipinski definition) is 2. The summed E-state index contributed by atoms with van der Waals surface area (Å²) in [6, 6.07) is 7.64. The topological polar surface area (TPSA) is 51.4 Å². The van der Waals surface area contributed by atoms with E-state index in [1.165, 1.54) is 4.90 Å². The Kier molecular flexibility index (Phi) is 7.66. The fourth-order valence-electron chi connectivity index (χ4n) is 2.98. The van der Waals surface area contributed by atoms with Gasteiger partial charge >= 0.3 is 0 Å². The Morgan fingerprint density at radius 1 is 1.19 bits per heavy atom. The lowest BCUT2D eigenvalue weighted by atomic mass is 10.1. The van der Waals surface area contributed by atoms with Crippen molar-refractivity contribution in [1.82, 2.24) is 15.1 Å². The molecule has 1 amide bonds. The number of quaternary nitrogens is 1. The van der Waals surface area contributed by atoms with Crippen molar-refractivity contribution >= 4 is 17.5 Å². The van der Waals surface area contributed by atoms with Crippen LogP contribution in [-0.4, -0.2) is 42.9 Å². The molecule has 2 aromatic rings. The van der Waals surface area contributed by atoms with Crippen LogP contribution in [0.25, 0.3) is 5.69 Å². The number of carbonyl (C=O) groups is 1. The van der Waals surface area contributed by atoms with Crippen molar-refractivity contribution in [1.29, 1.82) is 0 Å². The van der Waals surface area contributed by atoms with Gasteiger partial charge in [-0.2, -0.15) is 5.10 Å². The van der Waals surface area contributed by atoms with Crippen molar-refractivity contribution in [3.63, 3.8) is 0 Å². The molecular weight excluding hydrogens is 348 g/mol. The number of rotatable bonds is 9. The summed E-state index contributed by atoms with van der Waals surface area (Å²) in [7, 11) is 4.15. The smallest absolute Gasteiger partial charge is 0.255 e. The number of nitrogens with one attached hydrogen (secondary N) is 2. The average Bonchev–Trinajstić information content (AvgIpc) is 2.93. The molecule has 0 unspecified atom stereocenters. The van der Waals surface area contributed by atoms with Gasteiger partial charge < -0.3 is 10.2 Å². The van der Waals surface area contributed by atoms with E-state index in [0.717, 1.165) is 54.9 Å². The first kappa shape index (κ1) is 20.5. The number of halogens is 1. The third kappa shape index (κ3) is 4.86. The second-order valence-electron chi connectivity index (χ2n) is 6.84. The molecule has 0 radical (unpaired) electrons. The predicted octanol–water partition coefficient (Wildman–Crippen LogP) is 2.30. The number of likely N-dealkylation sites (N-methyl/N-ethyl adjacent to an activating group) is 1. The lowest BCUT2D eigenvalue weighted by molar-refractivity contribution is -0.856. The van der Waals surface area contributed by atoms with E-state index < -0.39 is 0 Å². The van der Waals surface area contributed by atoms with Gasteiger partial charge in [-0.15, -0.1) is 0 Å². The molecule has 1 aromatic heterocycles. The number of aryl methyl sites for hydroxylation is 1. The molecule has 0 aliphatic heterocycles. The summed E-state index contributed by atoms with van der Waals surface area (Å²) in [6.07, 6.45) is 3.43. The van der Waals surface area contributed by atoms with Crippen LogP contribution in [0.15, 0.2) is 24.3 Å². The van der Waals surface area contributed by atoms with Crippen molar-refractivity contribution < 1.29 is 9.69 Å². The quantitative estimate of drug-likeness (QED) is 0.704. The van der Waals surface area contributed by atoms with E-state index >= 15 is 0 Å². The van der Waals surface area contributed by atoms with Crippen molar-refractivity contribution in [3.8, 4) is 5.69 Å². The van der Waals surface area contributed by atoms with E-state index in [2.05, 4.69) is 33.3 Å². The van der Waals surface area contributed by atoms with Crippen LogP contribution in [0, 0.1) is 0 Å². The largest absolute Gasteiger partial charge is 0.346 e. The van der Waals surface area contributed by atoms with Crippen molar-refractivity contribution in [2.45, 2.75) is 39.5 Å². The first-order valence-electron chi connectivity index (χ1n) is 9.42. The zero-order valence-electron chi connectivity index (χ0n) is 16.2. The number of carbonyl (C=O) groups excluding carboxylic acids is 1. The molecule has 1 aromatic carbocycles. The second kappa shape index (κ2) is 9.74. The zero-order chi connectivity index (χ0) is 19.1. The van der Waals surface area contributed by atoms with Crippen molar-refractivity contribution in [2.75, 3.05) is 27.2 Å². The van der Waals surface area contributed by atoms with Crippen molar-refractivity contribution in [2.24, 2.45) is 0 Å². The van der Waals surface area contributed by atoms with Crippen LogP contribution >= 0.6 is 11.6 Å². The highest BCUT2D eigenvalue weighted by Gasteiger charge is 2.24. The molecule has 26 heavy (non-hydrogen) atoms. The predicted molar refractivity (Wildman–Crippen MR) is 107 cm³/mol. The second-order valence-corrected chi connectivity index (χ2v) is 7.25. The molecule has 5 nitrogen and oxygen atoms in total. The Balaban J connectivity index is 2.47. The van der Waals surface area contributed by atoms with Crippen LogP contribution in [0.1, 0.15) is 48.4 Å². The Labute approximate surface area is 161 Å². The molecule has 0 spiro atoms. The fourth-order valence-corrected chi connectivity index (χ4v) is 3.20. The molecule has 2 rings (SSSR count). The van der Waals surface area contributed by atoms with E-state index in [1.54, 1.807) is 0 Å². The van der Waals surface area contributed by atoms with Gasteiger partial charge in [-0.05, 0) is 25.0 Å². The summed E-state index contributed by atoms with van der Waals surface area (Å²) in [5.41, 5.74) is 3.35. The summed E-state index contributed by atoms with van der Waals surface area (Å²) in [4.78, 5) is 14.2. The summed E-state index contributed by atoms with van der Waals surface area (Å²) in [5, 5.41) is 8.48. The molecule has 0 atom stereocenters. The number of hydrogen-bond acceptors (Lipinski definition) is 2. The minimum atomic E-state index is -0.0311. The maximum atomic E-state index is 12.9. The molecule has 0 bridgehead atoms. The highest BCUT2D eigenvalue weighted by Crippen LogP contribution is 2.26. The molecule has 0 aliphatic rings. The van der Waals surface area contributed by atoms with Gasteiger partial charge in [0.05, 0.1) is 54.8 Å². The Hall–Kier alpha value is -1.85. The molecular formula is C20H30ClN4O+. The molecule has 1 heterocycles. The minimum absolute atomic E-state index is 0.0311. The zero-order valence-corrected chi connectivity index (χ0v) is 17.0. The van der Waals surface area contributed by atoms with Gasteiger partial charge in [0, 0.05) is 0 Å². The highest BCUT2D eigenvalue weighted by atomic mass is 35.5. The van der Waals surface area contributed by atoms with E-state index in [4.69, 9.17) is 16.7 Å². The normalized spacial score (nSPS) is 11.2. The van der Waals surface area contributed by atoms with Gasteiger partial charge in [0.15, 0.2) is 0 Å². The summed E-state index contributed by atoms with van der Waals surface area (Å²) in [5.74, 6) is -0.0311. The third-order valence-electron chi connectivity index (χ3n) is 4.25. The van der Waals surface area contributed by atoms with Crippen LogP contribution in [0.4, 0.5) is 0 Å². The Morgan fingerprint density at radius 3 is 2.50 bits per heavy atom. The number of benzene rings is 1. The van der Waals surface area contributed by atoms with E-state index in [9.17, 15) is 4.79 Å². The summed E-state index contributed by atoms with van der Waals surface area (Å²) < 4.78 is 1.86. The van der Waals surface area contributed by atoms with Crippen LogP contribution in [0.2, 0.25) is 5.02 Å². The third-order valence-corrected chi connectivity index (χ3v) is 4.57. The maximum Gasteiger partial charge on any atom is 0.255 e. The average molecular weight is 378 g/mol. The van der Waals surface area contributed by atoms with Crippen LogP contribution in [-0.2, 0) is 12.8 Å². The van der Waals surface area contributed by atoms with Gasteiger partial charge in [0.25, 0.3) is 5.91 Å². The summed E-state index contributed by atoms with van der Waals surface area (Å²) in [6.45, 7) is 5.75. The van der Waals surface area contributed by atoms with Gasteiger partial charge in [-0.1, -0.05) is 50.4 Å². The SMILES string of the molecule is CCCc1nn(-c2ccccc2Cl)c(CCC)c1C(=O)NCC[NH+](C)C. The molecule has 142 valence electrons. The lowest BCUT2D eigenvalue weighted by Gasteiger charge is -2.11. The van der Waals surface area contributed by atoms with Crippen LogP contribution < -0.4 is 10.2 Å². The maximum absolute atomic E-state index is 12.9. The van der Waals surface area contributed by atoms with Gasteiger partial charge in [-0.25, -0.2) is 4.68 Å². The number of para-hydroxylation sites is 1. The standard InChI is InChI=1S/C20H29ClN4O/c1-5-9-16-19(20(26)22-13-14-24(3)4)18(10-6-2)25(23-16)17-12-8-7-11-15(17)21/h7-8,11-12H,5-6,9-10,13-14H2,1-4H3,(H,22,26)/p+1. The van der Waals surface area contributed by atoms with E-state index in [0.29, 0.717) is 11.6 Å². The first-order valence-corrected chi connectivity index (χ1v) is 9.80. The molecule has 0 saturated carbocycles. The molecule has 0 saturated heterocycles. The molecule has 2 N–H and O–H groups in total. The summed E-state index contributed by atoms with van der Waals surface area (Å²) >= 11 is 6.40. The fraction of sp³-hybridized carbons (Fsp3) is 0.500. The number of aromatic nitrogens is 2. The van der Waals surface area contributed by atoms with Crippen LogP contribution in [0.3, 0.4) is 0 Å². The van der Waals surface area contributed by atoms with Gasteiger partial charge in [-0.3, -0.25) is 4.79 Å². The molecule has 6 heteroatoms. The lowest BCUT2D eigenvalue weighted by Crippen LogP contribution is -3.06. The first-order chi connectivity index (χ1) is 12.5. The number of nitrogens with zero attached hydrogens (tertiary/aromatic N) is 2. The van der Waals surface area contributed by atoms with E-state index in [1.807, 2.05) is 28.9 Å². The monoisotopic (exact) mass is 377 g/mol. The van der Waals surface area contributed by atoms with Crippen LogP contribution in [0.5, 0.6) is 0 Å². The molecule has 0 aliphatic carbocycles.